The largest absolute Gasteiger partial charge is 0.392 e. The highest BCUT2D eigenvalue weighted by atomic mass is 16.6. The number of nitrogen functional groups attached to an aromatic ring is 1. The number of nitro groups is 1. The summed E-state index contributed by atoms with van der Waals surface area (Å²) >= 11 is 0. The molecule has 0 spiro atoms. The van der Waals surface area contributed by atoms with Gasteiger partial charge in [-0.15, -0.1) is 0 Å². The maximum absolute atomic E-state index is 10.8. The van der Waals surface area contributed by atoms with Gasteiger partial charge in [0.1, 0.15) is 11.9 Å². The van der Waals surface area contributed by atoms with Crippen molar-refractivity contribution in [3.63, 3.8) is 0 Å². The summed E-state index contributed by atoms with van der Waals surface area (Å²) in [6, 6.07) is 3.76. The number of pyridine rings is 2. The van der Waals surface area contributed by atoms with Crippen LogP contribution in [0.4, 0.5) is 11.4 Å². The van der Waals surface area contributed by atoms with Gasteiger partial charge in [0.25, 0.3) is 0 Å². The summed E-state index contributed by atoms with van der Waals surface area (Å²) < 4.78 is 0. The van der Waals surface area contributed by atoms with Crippen molar-refractivity contribution in [2.75, 3.05) is 5.73 Å². The lowest BCUT2D eigenvalue weighted by molar-refractivity contribution is -0.384. The highest BCUT2D eigenvalue weighted by Crippen LogP contribution is 2.38. The first-order valence-electron chi connectivity index (χ1n) is 6.51. The summed E-state index contributed by atoms with van der Waals surface area (Å²) in [4.78, 5) is 18.4. The smallest absolute Gasteiger partial charge is 0.311 e. The number of rotatable bonds is 2. The molecule has 0 aliphatic heterocycles. The van der Waals surface area contributed by atoms with Crippen molar-refractivity contribution >= 4 is 11.4 Å². The molecule has 6 nitrogen and oxygen atoms in total. The molecule has 0 unspecified atom stereocenters. The molecule has 0 saturated heterocycles. The van der Waals surface area contributed by atoms with Crippen molar-refractivity contribution < 1.29 is 4.92 Å². The zero-order valence-corrected chi connectivity index (χ0v) is 11.1. The Hall–Kier alpha value is -2.94. The minimum Gasteiger partial charge on any atom is -0.392 e. The Morgan fingerprint density at radius 1 is 1.33 bits per heavy atom. The average Bonchev–Trinajstić information content (AvgIpc) is 3.31. The molecule has 1 saturated carbocycles. The van der Waals surface area contributed by atoms with Crippen LogP contribution in [0.1, 0.15) is 35.6 Å². The van der Waals surface area contributed by atoms with Crippen LogP contribution in [0.5, 0.6) is 0 Å². The molecule has 1 aliphatic carbocycles. The van der Waals surface area contributed by atoms with Gasteiger partial charge in [-0.05, 0) is 25.0 Å². The molecular formula is C15H12N4O2. The molecule has 0 atom stereocenters. The molecule has 2 heterocycles. The fourth-order valence-corrected chi connectivity index (χ4v) is 1.97. The minimum absolute atomic E-state index is 0.0407. The summed E-state index contributed by atoms with van der Waals surface area (Å²) in [5.74, 6) is 6.35. The van der Waals surface area contributed by atoms with Crippen molar-refractivity contribution in [3.05, 3.63) is 57.7 Å². The molecule has 0 radical (unpaired) electrons. The third kappa shape index (κ3) is 2.82. The van der Waals surface area contributed by atoms with Crippen LogP contribution in [0.15, 0.2) is 30.7 Å². The molecule has 2 aromatic heterocycles. The molecule has 6 heteroatoms. The Bertz CT molecular complexity index is 773. The molecular weight excluding hydrogens is 268 g/mol. The van der Waals surface area contributed by atoms with E-state index in [4.69, 9.17) is 5.73 Å². The molecule has 1 aliphatic rings. The highest BCUT2D eigenvalue weighted by molar-refractivity contribution is 5.67. The Labute approximate surface area is 121 Å². The van der Waals surface area contributed by atoms with Gasteiger partial charge in [-0.3, -0.25) is 20.1 Å². The van der Waals surface area contributed by atoms with Crippen LogP contribution in [0.2, 0.25) is 0 Å². The van der Waals surface area contributed by atoms with E-state index >= 15 is 0 Å². The van der Waals surface area contributed by atoms with Gasteiger partial charge in [0.15, 0.2) is 0 Å². The van der Waals surface area contributed by atoms with Gasteiger partial charge in [-0.25, -0.2) is 0 Å². The van der Waals surface area contributed by atoms with Crippen molar-refractivity contribution in [2.45, 2.75) is 18.8 Å². The maximum atomic E-state index is 10.8. The second-order valence-corrected chi connectivity index (χ2v) is 4.87. The first-order chi connectivity index (χ1) is 10.1. The second-order valence-electron chi connectivity index (χ2n) is 4.87. The zero-order valence-electron chi connectivity index (χ0n) is 11.1. The lowest BCUT2D eigenvalue weighted by Gasteiger charge is -1.99. The number of anilines is 1. The normalized spacial score (nSPS) is 13.3. The summed E-state index contributed by atoms with van der Waals surface area (Å²) in [7, 11) is 0. The Balaban J connectivity index is 1.92. The molecule has 21 heavy (non-hydrogen) atoms. The van der Waals surface area contributed by atoms with Crippen LogP contribution in [-0.2, 0) is 0 Å². The van der Waals surface area contributed by atoms with E-state index in [-0.39, 0.29) is 11.4 Å². The fourth-order valence-electron chi connectivity index (χ4n) is 1.97. The first kappa shape index (κ1) is 13.1. The summed E-state index contributed by atoms with van der Waals surface area (Å²) in [5.41, 5.74) is 7.78. The molecule has 2 aromatic rings. The molecule has 0 bridgehead atoms. The standard InChI is InChI=1S/C15H12N4O2/c16-15-12(8-17-9-14(15)19(20)21)2-1-10-5-6-18-13(7-10)11-3-4-11/h5-9,11H,3-4H2,(H2,16,17). The van der Waals surface area contributed by atoms with Crippen molar-refractivity contribution in [1.29, 1.82) is 0 Å². The van der Waals surface area contributed by atoms with E-state index in [1.807, 2.05) is 6.07 Å². The summed E-state index contributed by atoms with van der Waals surface area (Å²) in [6.07, 6.45) is 6.63. The lowest BCUT2D eigenvalue weighted by atomic mass is 10.1. The zero-order chi connectivity index (χ0) is 14.8. The van der Waals surface area contributed by atoms with Crippen LogP contribution >= 0.6 is 0 Å². The minimum atomic E-state index is -0.564. The number of hydrogen-bond acceptors (Lipinski definition) is 5. The molecule has 1 fully saturated rings. The van der Waals surface area contributed by atoms with Gasteiger partial charge in [-0.1, -0.05) is 11.8 Å². The Morgan fingerprint density at radius 2 is 2.14 bits per heavy atom. The van der Waals surface area contributed by atoms with Gasteiger partial charge >= 0.3 is 5.69 Å². The third-order valence-corrected chi connectivity index (χ3v) is 3.28. The Kier molecular flexibility index (Phi) is 3.24. The van der Waals surface area contributed by atoms with Crippen LogP contribution < -0.4 is 5.73 Å². The molecule has 0 aromatic carbocycles. The van der Waals surface area contributed by atoms with Gasteiger partial charge in [0, 0.05) is 29.6 Å². The predicted molar refractivity (Wildman–Crippen MR) is 77.5 cm³/mol. The van der Waals surface area contributed by atoms with E-state index in [2.05, 4.69) is 21.8 Å². The van der Waals surface area contributed by atoms with Gasteiger partial charge in [0.05, 0.1) is 10.5 Å². The molecule has 3 rings (SSSR count). The van der Waals surface area contributed by atoms with Gasteiger partial charge < -0.3 is 5.73 Å². The SMILES string of the molecule is Nc1c(C#Cc2ccnc(C3CC3)c2)cncc1[N+](=O)[O-]. The van der Waals surface area contributed by atoms with E-state index in [9.17, 15) is 10.1 Å². The first-order valence-corrected chi connectivity index (χ1v) is 6.51. The van der Waals surface area contributed by atoms with Crippen LogP contribution in [0.25, 0.3) is 0 Å². The second kappa shape index (κ2) is 5.21. The highest BCUT2D eigenvalue weighted by Gasteiger charge is 2.24. The lowest BCUT2D eigenvalue weighted by Crippen LogP contribution is -1.99. The van der Waals surface area contributed by atoms with Crippen LogP contribution in [0.3, 0.4) is 0 Å². The number of hydrogen-bond donors (Lipinski definition) is 1. The summed E-state index contributed by atoms with van der Waals surface area (Å²) in [6.45, 7) is 0. The topological polar surface area (TPSA) is 94.9 Å². The maximum Gasteiger partial charge on any atom is 0.311 e. The number of nitrogens with zero attached hydrogens (tertiary/aromatic N) is 3. The third-order valence-electron chi connectivity index (χ3n) is 3.28. The molecule has 0 amide bonds. The van der Waals surface area contributed by atoms with Crippen molar-refractivity contribution in [3.8, 4) is 11.8 Å². The number of aromatic nitrogens is 2. The predicted octanol–water partition coefficient (Wildman–Crippen LogP) is 2.24. The van der Waals surface area contributed by atoms with Crippen molar-refractivity contribution in [2.24, 2.45) is 0 Å². The average molecular weight is 280 g/mol. The quantitative estimate of drug-likeness (QED) is 0.517. The number of nitrogens with two attached hydrogens (primary N) is 1. The molecule has 2 N–H and O–H groups in total. The van der Waals surface area contributed by atoms with E-state index in [0.29, 0.717) is 11.5 Å². The van der Waals surface area contributed by atoms with E-state index in [1.54, 1.807) is 12.3 Å². The van der Waals surface area contributed by atoms with Crippen molar-refractivity contribution in [1.82, 2.24) is 9.97 Å². The van der Waals surface area contributed by atoms with E-state index < -0.39 is 4.92 Å². The van der Waals surface area contributed by atoms with Gasteiger partial charge in [-0.2, -0.15) is 0 Å². The van der Waals surface area contributed by atoms with Gasteiger partial charge in [0.2, 0.25) is 0 Å². The Morgan fingerprint density at radius 3 is 2.86 bits per heavy atom. The van der Waals surface area contributed by atoms with Crippen LogP contribution in [0, 0.1) is 22.0 Å². The van der Waals surface area contributed by atoms with E-state index in [1.165, 1.54) is 19.0 Å². The monoisotopic (exact) mass is 280 g/mol. The van der Waals surface area contributed by atoms with Crippen LogP contribution in [-0.4, -0.2) is 14.9 Å². The molecule has 104 valence electrons. The van der Waals surface area contributed by atoms with E-state index in [0.717, 1.165) is 17.5 Å². The summed E-state index contributed by atoms with van der Waals surface area (Å²) in [5, 5.41) is 10.8. The fraction of sp³-hybridized carbons (Fsp3) is 0.200.